The van der Waals surface area contributed by atoms with E-state index in [2.05, 4.69) is 68.5 Å². The number of rotatable bonds is 14. The molecule has 1 N–H and O–H groups in total. The van der Waals surface area contributed by atoms with Gasteiger partial charge in [0, 0.05) is 24.8 Å². The molecule has 262 valence electrons. The summed E-state index contributed by atoms with van der Waals surface area (Å²) >= 11 is 0. The summed E-state index contributed by atoms with van der Waals surface area (Å²) in [5, 5.41) is 7.22. The molecule has 0 aliphatic heterocycles. The summed E-state index contributed by atoms with van der Waals surface area (Å²) in [6, 6.07) is 28.1. The monoisotopic (exact) mass is 683 g/mol. The summed E-state index contributed by atoms with van der Waals surface area (Å²) in [7, 11) is -2.29. The van der Waals surface area contributed by atoms with Gasteiger partial charge in [0.1, 0.15) is 11.7 Å². The van der Waals surface area contributed by atoms with Crippen LogP contribution < -0.4 is 5.32 Å². The van der Waals surface area contributed by atoms with Crippen LogP contribution in [0, 0.1) is 0 Å². The molecule has 0 fully saturated rings. The highest BCUT2D eigenvalue weighted by molar-refractivity contribution is 6.74. The van der Waals surface area contributed by atoms with Gasteiger partial charge in [-0.3, -0.25) is 4.68 Å². The number of nitrogens with one attached hydrogen (secondary N) is 1. The summed E-state index contributed by atoms with van der Waals surface area (Å²) < 4.78 is 20.2. The van der Waals surface area contributed by atoms with Crippen molar-refractivity contribution in [3.05, 3.63) is 114 Å². The highest BCUT2D eigenvalue weighted by atomic mass is 28.4. The van der Waals surface area contributed by atoms with Gasteiger partial charge in [-0.2, -0.15) is 5.10 Å². The lowest BCUT2D eigenvalue weighted by molar-refractivity contribution is -0.157. The summed E-state index contributed by atoms with van der Waals surface area (Å²) in [5.74, 6) is -0.340. The standard InChI is InChI=1S/C40H53N3O5Si/c1-39(2,3)47-38(45)41-26-15-27-43-29-34(28-42-43)31-23-20-30(21-24-31)22-25-35(48-49(7,8)40(4,5)6)37(44)46-36(32-16-11-9-12-17-32)33-18-13-10-14-19-33/h9-14,16-21,23-24,28-29,35-36H,15,22,25-27H2,1-8H3,(H,41,45). The molecule has 1 unspecified atom stereocenters. The average molecular weight is 684 g/mol. The molecular weight excluding hydrogens is 631 g/mol. The van der Waals surface area contributed by atoms with Crippen LogP contribution in [0.25, 0.3) is 11.1 Å². The van der Waals surface area contributed by atoms with E-state index < -0.39 is 32.2 Å². The Balaban J connectivity index is 1.41. The Bertz CT molecular complexity index is 1580. The first-order valence-corrected chi connectivity index (χ1v) is 20.1. The van der Waals surface area contributed by atoms with Crippen LogP contribution in [0.15, 0.2) is 97.3 Å². The fourth-order valence-corrected chi connectivity index (χ4v) is 6.35. The molecule has 0 aliphatic carbocycles. The predicted molar refractivity (Wildman–Crippen MR) is 198 cm³/mol. The maximum Gasteiger partial charge on any atom is 0.407 e. The highest BCUT2D eigenvalue weighted by Crippen LogP contribution is 2.38. The molecule has 9 heteroatoms. The highest BCUT2D eigenvalue weighted by Gasteiger charge is 2.41. The van der Waals surface area contributed by atoms with Gasteiger partial charge in [-0.05, 0) is 80.4 Å². The molecule has 1 aromatic heterocycles. The lowest BCUT2D eigenvalue weighted by Gasteiger charge is -2.39. The normalized spacial score (nSPS) is 12.8. The largest absolute Gasteiger partial charge is 0.451 e. The maximum absolute atomic E-state index is 14.0. The molecule has 0 saturated carbocycles. The molecule has 1 amide bonds. The van der Waals surface area contributed by atoms with Gasteiger partial charge >= 0.3 is 12.1 Å². The number of ether oxygens (including phenoxy) is 2. The quantitative estimate of drug-likeness (QED) is 0.0810. The number of benzene rings is 3. The van der Waals surface area contributed by atoms with Crippen LogP contribution >= 0.6 is 0 Å². The van der Waals surface area contributed by atoms with Crippen molar-refractivity contribution < 1.29 is 23.5 Å². The van der Waals surface area contributed by atoms with Crippen molar-refractivity contribution in [1.82, 2.24) is 15.1 Å². The van der Waals surface area contributed by atoms with Gasteiger partial charge < -0.3 is 19.2 Å². The van der Waals surface area contributed by atoms with Crippen molar-refractivity contribution in [3.8, 4) is 11.1 Å². The van der Waals surface area contributed by atoms with E-state index in [0.717, 1.165) is 34.2 Å². The number of hydrogen-bond acceptors (Lipinski definition) is 6. The first kappa shape index (κ1) is 37.6. The van der Waals surface area contributed by atoms with Crippen molar-refractivity contribution in [1.29, 1.82) is 0 Å². The second-order valence-electron chi connectivity index (χ2n) is 15.0. The Hall–Kier alpha value is -4.21. The van der Waals surface area contributed by atoms with Crippen molar-refractivity contribution in [2.24, 2.45) is 0 Å². The third-order valence-electron chi connectivity index (χ3n) is 8.79. The van der Waals surface area contributed by atoms with Crippen LogP contribution in [-0.4, -0.2) is 48.4 Å². The molecule has 4 rings (SSSR count). The van der Waals surface area contributed by atoms with E-state index in [-0.39, 0.29) is 11.0 Å². The van der Waals surface area contributed by atoms with Crippen LogP contribution in [0.1, 0.15) is 77.2 Å². The van der Waals surface area contributed by atoms with Gasteiger partial charge in [-0.1, -0.05) is 106 Å². The molecule has 8 nitrogen and oxygen atoms in total. The van der Waals surface area contributed by atoms with Crippen molar-refractivity contribution >= 4 is 20.4 Å². The van der Waals surface area contributed by atoms with E-state index in [4.69, 9.17) is 13.9 Å². The van der Waals surface area contributed by atoms with E-state index in [1.54, 1.807) is 0 Å². The third kappa shape index (κ3) is 11.4. The fourth-order valence-electron chi connectivity index (χ4n) is 5.08. The average Bonchev–Trinajstić information content (AvgIpc) is 3.52. The van der Waals surface area contributed by atoms with Gasteiger partial charge in [0.25, 0.3) is 0 Å². The Kier molecular flexibility index (Phi) is 12.6. The molecule has 49 heavy (non-hydrogen) atoms. The number of aryl methyl sites for hydroxylation is 2. The van der Waals surface area contributed by atoms with Crippen molar-refractivity contribution in [2.75, 3.05) is 6.54 Å². The Labute approximate surface area is 293 Å². The molecule has 1 heterocycles. The zero-order valence-electron chi connectivity index (χ0n) is 30.4. The summed E-state index contributed by atoms with van der Waals surface area (Å²) in [4.78, 5) is 25.9. The van der Waals surface area contributed by atoms with Gasteiger partial charge in [0.05, 0.1) is 6.20 Å². The minimum Gasteiger partial charge on any atom is -0.451 e. The van der Waals surface area contributed by atoms with E-state index in [9.17, 15) is 9.59 Å². The number of carbonyl (C=O) groups is 2. The van der Waals surface area contributed by atoms with Gasteiger partial charge in [-0.15, -0.1) is 0 Å². The SMILES string of the molecule is CC(C)(C)OC(=O)NCCCn1cc(-c2ccc(CCC(O[Si](C)(C)C(C)(C)C)C(=O)OC(c3ccccc3)c3ccccc3)cc2)cn1. The summed E-state index contributed by atoms with van der Waals surface area (Å²) in [5.41, 5.74) is 4.51. The number of hydrogen-bond donors (Lipinski definition) is 1. The van der Waals surface area contributed by atoms with Crippen LogP contribution in [0.3, 0.4) is 0 Å². The number of aromatic nitrogens is 2. The Morgan fingerprint density at radius 2 is 1.43 bits per heavy atom. The molecule has 3 aromatic carbocycles. The van der Waals surface area contributed by atoms with E-state index in [0.29, 0.717) is 25.9 Å². The predicted octanol–water partition coefficient (Wildman–Crippen LogP) is 9.12. The number of alkyl carbamates (subject to hydrolysis) is 1. The fraction of sp³-hybridized carbons (Fsp3) is 0.425. The Morgan fingerprint density at radius 1 is 0.837 bits per heavy atom. The number of esters is 1. The molecule has 1 atom stereocenters. The van der Waals surface area contributed by atoms with E-state index in [1.165, 1.54) is 0 Å². The number of carbonyl (C=O) groups excluding carboxylic acids is 2. The van der Waals surface area contributed by atoms with Gasteiger partial charge in [0.15, 0.2) is 14.4 Å². The zero-order valence-corrected chi connectivity index (χ0v) is 31.4. The topological polar surface area (TPSA) is 91.7 Å². The summed E-state index contributed by atoms with van der Waals surface area (Å²) in [6.07, 6.45) is 4.14. The lowest BCUT2D eigenvalue weighted by Crippen LogP contribution is -2.46. The molecule has 0 bridgehead atoms. The third-order valence-corrected chi connectivity index (χ3v) is 13.3. The van der Waals surface area contributed by atoms with Crippen LogP contribution in [0.4, 0.5) is 4.79 Å². The lowest BCUT2D eigenvalue weighted by atomic mass is 10.0. The van der Waals surface area contributed by atoms with Crippen molar-refractivity contribution in [2.45, 2.75) is 103 Å². The number of nitrogens with zero attached hydrogens (tertiary/aromatic N) is 2. The van der Waals surface area contributed by atoms with Crippen LogP contribution in [0.5, 0.6) is 0 Å². The van der Waals surface area contributed by atoms with Crippen LogP contribution in [0.2, 0.25) is 18.1 Å². The second-order valence-corrected chi connectivity index (χ2v) is 19.8. The molecule has 0 radical (unpaired) electrons. The minimum absolute atomic E-state index is 0.0650. The smallest absolute Gasteiger partial charge is 0.407 e. The number of amides is 1. The first-order chi connectivity index (χ1) is 23.1. The molecule has 0 aliphatic rings. The second kappa shape index (κ2) is 16.5. The molecule has 0 spiro atoms. The van der Waals surface area contributed by atoms with E-state index in [1.807, 2.05) is 98.5 Å². The van der Waals surface area contributed by atoms with Crippen molar-refractivity contribution in [3.63, 3.8) is 0 Å². The zero-order chi connectivity index (χ0) is 35.7. The minimum atomic E-state index is -2.29. The molecular formula is C40H53N3O5Si. The summed E-state index contributed by atoms with van der Waals surface area (Å²) in [6.45, 7) is 17.6. The Morgan fingerprint density at radius 3 is 1.98 bits per heavy atom. The first-order valence-electron chi connectivity index (χ1n) is 17.2. The molecule has 0 saturated heterocycles. The maximum atomic E-state index is 14.0. The van der Waals surface area contributed by atoms with E-state index >= 15 is 0 Å². The van der Waals surface area contributed by atoms with Crippen LogP contribution in [-0.2, 0) is 31.7 Å². The molecule has 4 aromatic rings. The van der Waals surface area contributed by atoms with Gasteiger partial charge in [-0.25, -0.2) is 9.59 Å². The van der Waals surface area contributed by atoms with Gasteiger partial charge in [0.2, 0.25) is 0 Å².